The van der Waals surface area contributed by atoms with Gasteiger partial charge in [0.25, 0.3) is 22.9 Å². The van der Waals surface area contributed by atoms with Gasteiger partial charge in [-0.3, -0.25) is 52.9 Å². The molecule has 18 nitrogen and oxygen atoms in total. The van der Waals surface area contributed by atoms with Gasteiger partial charge >= 0.3 is 11.4 Å². The van der Waals surface area contributed by atoms with Crippen LogP contribution in [0.2, 0.25) is 0 Å². The zero-order valence-electron chi connectivity index (χ0n) is 38.4. The number of fused-ring (bicyclic) bond motifs is 2. The van der Waals surface area contributed by atoms with Crippen molar-refractivity contribution < 1.29 is 28.0 Å². The van der Waals surface area contributed by atoms with Gasteiger partial charge in [-0.2, -0.15) is 0 Å². The van der Waals surface area contributed by atoms with E-state index in [1.807, 2.05) is 9.80 Å². The zero-order chi connectivity index (χ0) is 49.1. The lowest BCUT2D eigenvalue weighted by atomic mass is 10.1. The third-order valence-electron chi connectivity index (χ3n) is 13.9. The Balaban J connectivity index is 0.000000174. The maximum atomic E-state index is 14.7. The molecule has 6 heterocycles. The van der Waals surface area contributed by atoms with Crippen molar-refractivity contribution in [1.82, 2.24) is 48.7 Å². The molecule has 364 valence electrons. The number of nitrogens with zero attached hydrogens (tertiary/aromatic N) is 8. The first-order valence-electron chi connectivity index (χ1n) is 23.7. The molecule has 6 aromatic rings. The first-order chi connectivity index (χ1) is 33.8. The number of pyridine rings is 2. The summed E-state index contributed by atoms with van der Waals surface area (Å²) in [5.74, 6) is -1.83. The standard InChI is InChI=1S/2C25H26FN5O4/c26-20-14-27-17(15-31-21-8-4-3-7-18(21)22(32)28-25(31)35)13-19(20)24(34)30-11-9-29(10-12-30)23(33)16-5-1-2-6-16;26-20-8-7-16(15-31-21-18(6-3-9-27-21)22(32)28-25(31)35)14-19(20)24(34)30-12-10-29(11-13-30)23(33)17-4-1-2-5-17/h3-4,7-8,13-14,16H,1-2,5-6,9-12,15H2,(H,28,32,35);3,6-9,14,17H,1-2,4-5,10-13,15H2,(H,28,32,35). The Bertz CT molecular complexity index is 3020. The number of para-hydroxylation sites is 1. The highest BCUT2D eigenvalue weighted by Gasteiger charge is 2.33. The summed E-state index contributed by atoms with van der Waals surface area (Å²) < 4.78 is 31.9. The first kappa shape index (κ1) is 47.4. The molecule has 0 bridgehead atoms. The molecule has 10 rings (SSSR count). The Hall–Kier alpha value is -7.64. The number of piperazine rings is 2. The van der Waals surface area contributed by atoms with Crippen LogP contribution in [0.1, 0.15) is 83.3 Å². The fraction of sp³-hybridized carbons (Fsp3) is 0.400. The van der Waals surface area contributed by atoms with Crippen LogP contribution in [0.5, 0.6) is 0 Å². The highest BCUT2D eigenvalue weighted by atomic mass is 19.1. The van der Waals surface area contributed by atoms with Crippen LogP contribution in [0.15, 0.2) is 92.2 Å². The zero-order valence-corrected chi connectivity index (χ0v) is 38.4. The molecule has 20 heteroatoms. The second kappa shape index (κ2) is 20.5. The predicted molar refractivity (Wildman–Crippen MR) is 253 cm³/mol. The number of nitrogens with one attached hydrogen (secondary N) is 2. The van der Waals surface area contributed by atoms with E-state index in [1.165, 1.54) is 39.6 Å². The van der Waals surface area contributed by atoms with Gasteiger partial charge < -0.3 is 19.6 Å². The van der Waals surface area contributed by atoms with E-state index in [2.05, 4.69) is 19.9 Å². The van der Waals surface area contributed by atoms with Crippen molar-refractivity contribution >= 4 is 45.6 Å². The molecule has 4 fully saturated rings. The highest BCUT2D eigenvalue weighted by Crippen LogP contribution is 2.28. The molecule has 0 spiro atoms. The molecule has 4 aliphatic rings. The molecular formula is C50H52F2N10O8. The van der Waals surface area contributed by atoms with E-state index in [0.29, 0.717) is 74.5 Å². The number of carbonyl (C=O) groups is 4. The summed E-state index contributed by atoms with van der Waals surface area (Å²) >= 11 is 0. The molecule has 0 radical (unpaired) electrons. The maximum absolute atomic E-state index is 14.7. The second-order valence-electron chi connectivity index (χ2n) is 18.2. The van der Waals surface area contributed by atoms with E-state index in [4.69, 9.17) is 0 Å². The molecule has 2 aliphatic carbocycles. The Morgan fingerprint density at radius 3 is 1.67 bits per heavy atom. The van der Waals surface area contributed by atoms with Crippen molar-refractivity contribution in [3.8, 4) is 0 Å². The third-order valence-corrected chi connectivity index (χ3v) is 13.9. The molecule has 4 amide bonds. The number of benzene rings is 2. The van der Waals surface area contributed by atoms with E-state index >= 15 is 0 Å². The lowest BCUT2D eigenvalue weighted by molar-refractivity contribution is -0.137. The van der Waals surface area contributed by atoms with Gasteiger partial charge in [-0.25, -0.2) is 23.4 Å². The smallest absolute Gasteiger partial charge is 0.330 e. The number of H-pyrrole nitrogens is 2. The Labute approximate surface area is 398 Å². The van der Waals surface area contributed by atoms with Gasteiger partial charge in [-0.05, 0) is 73.7 Å². The van der Waals surface area contributed by atoms with Gasteiger partial charge in [0.2, 0.25) is 11.8 Å². The van der Waals surface area contributed by atoms with Crippen molar-refractivity contribution in [1.29, 1.82) is 0 Å². The minimum atomic E-state index is -0.748. The van der Waals surface area contributed by atoms with Crippen LogP contribution in [0.4, 0.5) is 8.78 Å². The summed E-state index contributed by atoms with van der Waals surface area (Å²) in [6.45, 7) is 3.05. The number of hydrogen-bond acceptors (Lipinski definition) is 10. The number of halogens is 2. The summed E-state index contributed by atoms with van der Waals surface area (Å²) in [4.78, 5) is 120. The number of amides is 4. The number of aromatic amines is 2. The van der Waals surface area contributed by atoms with Crippen LogP contribution in [-0.2, 0) is 22.7 Å². The third kappa shape index (κ3) is 9.93. The summed E-state index contributed by atoms with van der Waals surface area (Å²) in [5.41, 5.74) is -1.04. The fourth-order valence-corrected chi connectivity index (χ4v) is 10.0. The topological polar surface area (TPSA) is 217 Å². The fourth-order valence-electron chi connectivity index (χ4n) is 10.0. The van der Waals surface area contributed by atoms with Gasteiger partial charge in [0.15, 0.2) is 5.82 Å². The Morgan fingerprint density at radius 1 is 0.557 bits per heavy atom. The SMILES string of the molecule is O=C(c1cc(Cn2c(=O)[nH]c(=O)c3ccccc32)ncc1F)N1CCN(C(=O)C2CCCC2)CC1.O=C(c1cc(Cn2c(=O)[nH]c(=O)c3cccnc32)ccc1F)N1CCN(C(=O)C2CCCC2)CC1. The lowest BCUT2D eigenvalue weighted by Crippen LogP contribution is -2.51. The number of rotatable bonds is 8. The van der Waals surface area contributed by atoms with Gasteiger partial charge in [0.05, 0.1) is 52.4 Å². The molecule has 0 unspecified atom stereocenters. The van der Waals surface area contributed by atoms with Crippen molar-refractivity contribution in [2.24, 2.45) is 11.8 Å². The van der Waals surface area contributed by atoms with Crippen LogP contribution >= 0.6 is 0 Å². The monoisotopic (exact) mass is 958 g/mol. The molecule has 2 N–H and O–H groups in total. The van der Waals surface area contributed by atoms with E-state index in [1.54, 1.807) is 46.2 Å². The van der Waals surface area contributed by atoms with Crippen molar-refractivity contribution in [2.75, 3.05) is 52.4 Å². The van der Waals surface area contributed by atoms with Gasteiger partial charge in [-0.15, -0.1) is 0 Å². The minimum absolute atomic E-state index is 0.00730. The van der Waals surface area contributed by atoms with Gasteiger partial charge in [0.1, 0.15) is 11.5 Å². The molecule has 0 atom stereocenters. The van der Waals surface area contributed by atoms with E-state index in [0.717, 1.165) is 57.6 Å². The molecule has 2 saturated heterocycles. The number of aromatic nitrogens is 6. The lowest BCUT2D eigenvalue weighted by Gasteiger charge is -2.36. The number of hydrogen-bond donors (Lipinski definition) is 2. The summed E-state index contributed by atoms with van der Waals surface area (Å²) in [6.07, 6.45) is 10.5. The summed E-state index contributed by atoms with van der Waals surface area (Å²) in [7, 11) is 0. The average molecular weight is 959 g/mol. The number of carbonyl (C=O) groups excluding carboxylic acids is 4. The van der Waals surface area contributed by atoms with Gasteiger partial charge in [-0.1, -0.05) is 43.9 Å². The van der Waals surface area contributed by atoms with Crippen molar-refractivity contribution in [3.63, 3.8) is 0 Å². The quantitative estimate of drug-likeness (QED) is 0.226. The van der Waals surface area contributed by atoms with E-state index < -0.39 is 45.9 Å². The maximum Gasteiger partial charge on any atom is 0.330 e. The van der Waals surface area contributed by atoms with Crippen LogP contribution < -0.4 is 22.5 Å². The van der Waals surface area contributed by atoms with E-state index in [9.17, 15) is 47.1 Å². The summed E-state index contributed by atoms with van der Waals surface area (Å²) in [6, 6.07) is 15.3. The van der Waals surface area contributed by atoms with Crippen LogP contribution in [0, 0.1) is 23.5 Å². The Morgan fingerprint density at radius 2 is 1.07 bits per heavy atom. The highest BCUT2D eigenvalue weighted by molar-refractivity contribution is 5.95. The molecule has 4 aromatic heterocycles. The Kier molecular flexibility index (Phi) is 13.9. The second-order valence-corrected chi connectivity index (χ2v) is 18.2. The van der Waals surface area contributed by atoms with Crippen molar-refractivity contribution in [2.45, 2.75) is 64.5 Å². The molecule has 70 heavy (non-hydrogen) atoms. The van der Waals surface area contributed by atoms with Crippen molar-refractivity contribution in [3.05, 3.63) is 149 Å². The molecule has 2 aromatic carbocycles. The van der Waals surface area contributed by atoms with Crippen LogP contribution in [0.3, 0.4) is 0 Å². The largest absolute Gasteiger partial charge is 0.339 e. The first-order valence-corrected chi connectivity index (χ1v) is 23.7. The minimum Gasteiger partial charge on any atom is -0.339 e. The van der Waals surface area contributed by atoms with Crippen LogP contribution in [0.25, 0.3) is 21.9 Å². The predicted octanol–water partition coefficient (Wildman–Crippen LogP) is 3.49. The molecular weight excluding hydrogens is 907 g/mol. The average Bonchev–Trinajstić information content (AvgIpc) is 4.14. The van der Waals surface area contributed by atoms with Crippen LogP contribution in [-0.4, -0.2) is 125 Å². The molecule has 2 saturated carbocycles. The van der Waals surface area contributed by atoms with Gasteiger partial charge in [0, 0.05) is 70.4 Å². The normalized spacial score (nSPS) is 16.7. The van der Waals surface area contributed by atoms with E-state index in [-0.39, 0.29) is 58.9 Å². The molecule has 2 aliphatic heterocycles. The summed E-state index contributed by atoms with van der Waals surface area (Å²) in [5, 5.41) is 0.603.